The predicted octanol–water partition coefficient (Wildman–Crippen LogP) is 5.16. The number of carboxylic acid groups (broad SMARTS) is 1. The molecule has 1 unspecified atom stereocenters. The highest BCUT2D eigenvalue weighted by Gasteiger charge is 2.25. The number of hydrogen-bond acceptors (Lipinski definition) is 4. The van der Waals surface area contributed by atoms with E-state index in [0.29, 0.717) is 25.8 Å². The van der Waals surface area contributed by atoms with Gasteiger partial charge in [0, 0.05) is 17.4 Å². The zero-order chi connectivity index (χ0) is 26.7. The summed E-state index contributed by atoms with van der Waals surface area (Å²) in [7, 11) is -4.01. The van der Waals surface area contributed by atoms with Crippen molar-refractivity contribution < 1.29 is 23.1 Å². The van der Waals surface area contributed by atoms with Crippen LogP contribution in [-0.2, 0) is 26.0 Å². The number of carbonyl (C=O) groups is 2. The second kappa shape index (κ2) is 14.1. The number of nitrogens with one attached hydrogen (secondary N) is 2. The molecule has 9 heteroatoms. The van der Waals surface area contributed by atoms with Crippen molar-refractivity contribution in [2.45, 2.75) is 49.5 Å². The van der Waals surface area contributed by atoms with E-state index >= 15 is 0 Å². The van der Waals surface area contributed by atoms with Gasteiger partial charge in [0.25, 0.3) is 0 Å². The van der Waals surface area contributed by atoms with Crippen LogP contribution in [0.4, 0.5) is 0 Å². The number of benzene rings is 3. The van der Waals surface area contributed by atoms with E-state index in [-0.39, 0.29) is 17.2 Å². The first-order valence-corrected chi connectivity index (χ1v) is 14.4. The summed E-state index contributed by atoms with van der Waals surface area (Å²) in [5.74, 6) is -1.28. The molecule has 37 heavy (non-hydrogen) atoms. The molecule has 0 radical (unpaired) electrons. The lowest BCUT2D eigenvalue weighted by Gasteiger charge is -2.15. The van der Waals surface area contributed by atoms with Crippen molar-refractivity contribution >= 4 is 37.8 Å². The smallest absolute Gasteiger partial charge is 0.321 e. The predicted molar refractivity (Wildman–Crippen MR) is 148 cm³/mol. The summed E-state index contributed by atoms with van der Waals surface area (Å²) in [5, 5.41) is 12.4. The molecule has 3 aromatic carbocycles. The molecule has 3 N–H and O–H groups in total. The van der Waals surface area contributed by atoms with Gasteiger partial charge >= 0.3 is 5.97 Å². The molecule has 3 aromatic rings. The summed E-state index contributed by atoms with van der Waals surface area (Å²) in [4.78, 5) is 23.7. The lowest BCUT2D eigenvalue weighted by atomic mass is 10.1. The zero-order valence-corrected chi connectivity index (χ0v) is 22.8. The van der Waals surface area contributed by atoms with Gasteiger partial charge in [0.2, 0.25) is 15.9 Å². The van der Waals surface area contributed by atoms with E-state index in [1.807, 2.05) is 54.6 Å². The van der Waals surface area contributed by atoms with Crippen molar-refractivity contribution in [2.75, 3.05) is 6.54 Å². The van der Waals surface area contributed by atoms with Crippen LogP contribution in [0.1, 0.15) is 37.7 Å². The van der Waals surface area contributed by atoms with Crippen LogP contribution in [0.3, 0.4) is 0 Å². The Morgan fingerprint density at radius 2 is 1.46 bits per heavy atom. The number of rotatable bonds is 14. The number of hydrogen-bond donors (Lipinski definition) is 3. The molecule has 1 amide bonds. The molecular formula is C28H31BrN2O5S. The molecule has 7 nitrogen and oxygen atoms in total. The van der Waals surface area contributed by atoms with E-state index < -0.39 is 22.0 Å². The maximum absolute atomic E-state index is 12.8. The fourth-order valence-corrected chi connectivity index (χ4v) is 5.33. The third-order valence-electron chi connectivity index (χ3n) is 5.89. The van der Waals surface area contributed by atoms with Crippen molar-refractivity contribution in [1.29, 1.82) is 0 Å². The Hall–Kier alpha value is -3.01. The van der Waals surface area contributed by atoms with Crippen LogP contribution in [0.2, 0.25) is 0 Å². The monoisotopic (exact) mass is 586 g/mol. The first-order chi connectivity index (χ1) is 17.7. The van der Waals surface area contributed by atoms with Gasteiger partial charge in [-0.25, -0.2) is 8.42 Å². The summed E-state index contributed by atoms with van der Waals surface area (Å²) in [6, 6.07) is 22.7. The van der Waals surface area contributed by atoms with Crippen LogP contribution in [-0.4, -0.2) is 38.0 Å². The Morgan fingerprint density at radius 3 is 2.08 bits per heavy atom. The van der Waals surface area contributed by atoms with Crippen LogP contribution in [0.5, 0.6) is 0 Å². The highest BCUT2D eigenvalue weighted by Crippen LogP contribution is 2.23. The van der Waals surface area contributed by atoms with Crippen molar-refractivity contribution in [1.82, 2.24) is 10.0 Å². The van der Waals surface area contributed by atoms with E-state index in [9.17, 15) is 23.1 Å². The first kappa shape index (κ1) is 28.6. The molecule has 0 aromatic heterocycles. The SMILES string of the molecule is O=C(CCCc1ccccc1)NCCCCC(NS(=O)(=O)c1ccc(-c2ccc(Br)cc2)cc1)C(=O)O. The molecule has 0 aliphatic heterocycles. The first-order valence-electron chi connectivity index (χ1n) is 12.2. The molecule has 1 atom stereocenters. The molecule has 0 bridgehead atoms. The van der Waals surface area contributed by atoms with Gasteiger partial charge in [-0.05, 0) is 73.1 Å². The molecule has 3 rings (SSSR count). The number of aliphatic carboxylic acids is 1. The van der Waals surface area contributed by atoms with Crippen LogP contribution < -0.4 is 10.0 Å². The van der Waals surface area contributed by atoms with Gasteiger partial charge in [0.05, 0.1) is 4.90 Å². The number of aryl methyl sites for hydroxylation is 1. The minimum atomic E-state index is -4.01. The van der Waals surface area contributed by atoms with E-state index in [2.05, 4.69) is 26.0 Å². The van der Waals surface area contributed by atoms with Gasteiger partial charge in [-0.1, -0.05) is 70.5 Å². The van der Waals surface area contributed by atoms with Gasteiger partial charge in [0.1, 0.15) is 6.04 Å². The molecule has 0 heterocycles. The normalized spacial score (nSPS) is 12.1. The highest BCUT2D eigenvalue weighted by atomic mass is 79.9. The van der Waals surface area contributed by atoms with E-state index in [1.54, 1.807) is 12.1 Å². The highest BCUT2D eigenvalue weighted by molar-refractivity contribution is 9.10. The minimum Gasteiger partial charge on any atom is -0.480 e. The summed E-state index contributed by atoms with van der Waals surface area (Å²) < 4.78 is 28.8. The Morgan fingerprint density at radius 1 is 0.838 bits per heavy atom. The summed E-state index contributed by atoms with van der Waals surface area (Å²) in [5.41, 5.74) is 2.98. The second-order valence-electron chi connectivity index (χ2n) is 8.73. The van der Waals surface area contributed by atoms with Gasteiger partial charge in [-0.2, -0.15) is 4.72 Å². The van der Waals surface area contributed by atoms with E-state index in [1.165, 1.54) is 17.7 Å². The number of sulfonamides is 1. The lowest BCUT2D eigenvalue weighted by molar-refractivity contribution is -0.139. The average Bonchev–Trinajstić information content (AvgIpc) is 2.89. The summed E-state index contributed by atoms with van der Waals surface area (Å²) in [6.45, 7) is 0.417. The Bertz CT molecular complexity index is 1260. The van der Waals surface area contributed by atoms with Gasteiger partial charge in [-0.15, -0.1) is 0 Å². The number of unbranched alkanes of at least 4 members (excludes halogenated alkanes) is 1. The van der Waals surface area contributed by atoms with Crippen molar-refractivity contribution in [3.8, 4) is 11.1 Å². The van der Waals surface area contributed by atoms with Crippen LogP contribution >= 0.6 is 15.9 Å². The van der Waals surface area contributed by atoms with Crippen molar-refractivity contribution in [3.63, 3.8) is 0 Å². The molecule has 0 aliphatic rings. The molecular weight excluding hydrogens is 556 g/mol. The van der Waals surface area contributed by atoms with Gasteiger partial charge in [0.15, 0.2) is 0 Å². The molecule has 0 saturated carbocycles. The van der Waals surface area contributed by atoms with E-state index in [0.717, 1.165) is 28.4 Å². The maximum Gasteiger partial charge on any atom is 0.321 e. The average molecular weight is 588 g/mol. The fourth-order valence-electron chi connectivity index (χ4n) is 3.84. The number of carbonyl (C=O) groups excluding carboxylic acids is 1. The van der Waals surface area contributed by atoms with Crippen molar-refractivity contribution in [2.24, 2.45) is 0 Å². The maximum atomic E-state index is 12.8. The molecule has 0 spiro atoms. The van der Waals surface area contributed by atoms with Gasteiger partial charge < -0.3 is 10.4 Å². The zero-order valence-electron chi connectivity index (χ0n) is 20.4. The number of amides is 1. The standard InChI is InChI=1S/C28H31BrN2O5S/c29-24-16-12-22(13-17-24)23-14-18-25(19-15-23)37(35,36)31-26(28(33)34)10-4-5-20-30-27(32)11-6-9-21-7-2-1-3-8-21/h1-3,7-8,12-19,26,31H,4-6,9-11,20H2,(H,30,32)(H,33,34). The van der Waals surface area contributed by atoms with Crippen LogP contribution in [0, 0.1) is 0 Å². The quantitative estimate of drug-likeness (QED) is 0.226. The minimum absolute atomic E-state index is 0.00220. The topological polar surface area (TPSA) is 113 Å². The molecule has 196 valence electrons. The third kappa shape index (κ3) is 9.42. The Kier molecular flexibility index (Phi) is 10.9. The largest absolute Gasteiger partial charge is 0.480 e. The van der Waals surface area contributed by atoms with Gasteiger partial charge in [-0.3, -0.25) is 9.59 Å². The van der Waals surface area contributed by atoms with Crippen LogP contribution in [0.15, 0.2) is 88.2 Å². The number of carboxylic acids is 1. The van der Waals surface area contributed by atoms with E-state index in [4.69, 9.17) is 0 Å². The Balaban J connectivity index is 1.42. The number of halogens is 1. The van der Waals surface area contributed by atoms with Crippen LogP contribution in [0.25, 0.3) is 11.1 Å². The summed E-state index contributed by atoms with van der Waals surface area (Å²) >= 11 is 3.39. The summed E-state index contributed by atoms with van der Waals surface area (Å²) in [6.07, 6.45) is 3.14. The third-order valence-corrected chi connectivity index (χ3v) is 7.91. The fraction of sp³-hybridized carbons (Fsp3) is 0.286. The molecule has 0 aliphatic carbocycles. The lowest BCUT2D eigenvalue weighted by Crippen LogP contribution is -2.40. The molecule has 0 saturated heterocycles. The molecule has 0 fully saturated rings. The second-order valence-corrected chi connectivity index (χ2v) is 11.4. The van der Waals surface area contributed by atoms with Crippen molar-refractivity contribution in [3.05, 3.63) is 88.9 Å². The Labute approximate surface area is 226 Å².